The molecule has 0 spiro atoms. The number of benzene rings is 1. The normalized spacial score (nSPS) is 12.6. The van der Waals surface area contributed by atoms with Crippen molar-refractivity contribution in [1.82, 2.24) is 14.5 Å². The van der Waals surface area contributed by atoms with Crippen LogP contribution in [0.25, 0.3) is 11.0 Å². The molecular formula is C14H19N3O2S. The fourth-order valence-electron chi connectivity index (χ4n) is 2.11. The smallest absolute Gasteiger partial charge is 0.326 e. The first kappa shape index (κ1) is 14.7. The quantitative estimate of drug-likeness (QED) is 0.933. The number of aryl methyl sites for hydroxylation is 1. The van der Waals surface area contributed by atoms with Crippen LogP contribution in [0.2, 0.25) is 0 Å². The second kappa shape index (κ2) is 5.75. The number of imidazole rings is 1. The maximum Gasteiger partial charge on any atom is 0.326 e. The fourth-order valence-corrected chi connectivity index (χ4v) is 2.82. The Kier molecular flexibility index (Phi) is 4.23. The van der Waals surface area contributed by atoms with Gasteiger partial charge >= 0.3 is 5.69 Å². The molecule has 1 heterocycles. The third-order valence-electron chi connectivity index (χ3n) is 3.54. The molecule has 0 fully saturated rings. The Hall–Kier alpha value is -1.69. The molecule has 0 bridgehead atoms. The molecule has 0 aliphatic carbocycles. The molecule has 0 saturated carbocycles. The number of nitrogens with zero attached hydrogens (tertiary/aromatic N) is 2. The van der Waals surface area contributed by atoms with E-state index in [0.717, 1.165) is 16.8 Å². The van der Waals surface area contributed by atoms with Crippen LogP contribution in [0.3, 0.4) is 0 Å². The summed E-state index contributed by atoms with van der Waals surface area (Å²) in [5, 5.41) is 0. The van der Waals surface area contributed by atoms with Gasteiger partial charge in [-0.05, 0) is 31.4 Å². The van der Waals surface area contributed by atoms with E-state index in [1.54, 1.807) is 41.9 Å². The van der Waals surface area contributed by atoms with E-state index in [0.29, 0.717) is 5.56 Å². The minimum absolute atomic E-state index is 0.0258. The fraction of sp³-hybridized carbons (Fsp3) is 0.429. The summed E-state index contributed by atoms with van der Waals surface area (Å²) < 4.78 is 1.51. The van der Waals surface area contributed by atoms with Crippen molar-refractivity contribution in [2.75, 3.05) is 19.1 Å². The lowest BCUT2D eigenvalue weighted by atomic mass is 10.1. The molecule has 108 valence electrons. The van der Waals surface area contributed by atoms with Crippen molar-refractivity contribution in [2.45, 2.75) is 13.0 Å². The summed E-state index contributed by atoms with van der Waals surface area (Å²) in [6, 6.07) is 5.46. The Labute approximate surface area is 122 Å². The molecule has 0 saturated heterocycles. The van der Waals surface area contributed by atoms with Crippen molar-refractivity contribution in [2.24, 2.45) is 7.05 Å². The topological polar surface area (TPSA) is 58.1 Å². The van der Waals surface area contributed by atoms with E-state index in [1.165, 1.54) is 4.57 Å². The number of aromatic nitrogens is 2. The van der Waals surface area contributed by atoms with Gasteiger partial charge in [0.05, 0.1) is 11.0 Å². The number of carbonyl (C=O) groups excluding carboxylic acids is 1. The van der Waals surface area contributed by atoms with E-state index in [9.17, 15) is 9.59 Å². The molecule has 2 rings (SSSR count). The van der Waals surface area contributed by atoms with Crippen molar-refractivity contribution >= 4 is 28.7 Å². The number of carbonyl (C=O) groups is 1. The Morgan fingerprint density at radius 3 is 2.85 bits per heavy atom. The molecular weight excluding hydrogens is 274 g/mol. The Balaban J connectivity index is 2.35. The van der Waals surface area contributed by atoms with E-state index < -0.39 is 0 Å². The molecule has 1 aromatic carbocycles. The number of aromatic amines is 1. The summed E-state index contributed by atoms with van der Waals surface area (Å²) in [7, 11) is 3.50. The standard InChI is InChI=1S/C14H19N3O2S/c1-9(8-20-4)16(2)13(18)10-5-6-11-12(7-10)17(3)14(19)15-11/h5-7,9H,8H2,1-4H3,(H,15,19)/t9-/m1/s1. The third-order valence-corrected chi connectivity index (χ3v) is 4.36. The van der Waals surface area contributed by atoms with Crippen molar-refractivity contribution in [3.8, 4) is 0 Å². The summed E-state index contributed by atoms with van der Waals surface area (Å²) in [6.45, 7) is 2.03. The zero-order valence-electron chi connectivity index (χ0n) is 12.1. The molecule has 2 aromatic rings. The monoisotopic (exact) mass is 293 g/mol. The van der Waals surface area contributed by atoms with Gasteiger partial charge in [0, 0.05) is 31.5 Å². The average molecular weight is 293 g/mol. The molecule has 0 unspecified atom stereocenters. The maximum atomic E-state index is 12.4. The summed E-state index contributed by atoms with van der Waals surface area (Å²) in [5.74, 6) is 0.870. The summed E-state index contributed by atoms with van der Waals surface area (Å²) in [5.41, 5.74) is 1.91. The van der Waals surface area contributed by atoms with Crippen LogP contribution in [-0.4, -0.2) is 45.5 Å². The van der Waals surface area contributed by atoms with Gasteiger partial charge in [-0.1, -0.05) is 0 Å². The molecule has 20 heavy (non-hydrogen) atoms. The van der Waals surface area contributed by atoms with Crippen LogP contribution >= 0.6 is 11.8 Å². The Bertz CT molecular complexity index is 689. The second-order valence-corrected chi connectivity index (χ2v) is 5.85. The van der Waals surface area contributed by atoms with E-state index in [1.807, 2.05) is 20.2 Å². The van der Waals surface area contributed by atoms with Crippen LogP contribution in [0.4, 0.5) is 0 Å². The van der Waals surface area contributed by atoms with Crippen LogP contribution < -0.4 is 5.69 Å². The number of hydrogen-bond acceptors (Lipinski definition) is 3. The number of amides is 1. The molecule has 1 N–H and O–H groups in total. The van der Waals surface area contributed by atoms with Crippen LogP contribution in [0.5, 0.6) is 0 Å². The summed E-state index contributed by atoms with van der Waals surface area (Å²) in [6.07, 6.45) is 2.02. The number of H-pyrrole nitrogens is 1. The number of hydrogen-bond donors (Lipinski definition) is 1. The minimum atomic E-state index is -0.172. The van der Waals surface area contributed by atoms with Gasteiger partial charge in [-0.3, -0.25) is 9.36 Å². The zero-order valence-corrected chi connectivity index (χ0v) is 13.0. The largest absolute Gasteiger partial charge is 0.338 e. The van der Waals surface area contributed by atoms with Crippen molar-refractivity contribution in [1.29, 1.82) is 0 Å². The van der Waals surface area contributed by atoms with Gasteiger partial charge in [0.1, 0.15) is 0 Å². The molecule has 5 nitrogen and oxygen atoms in total. The first-order chi connectivity index (χ1) is 9.45. The highest BCUT2D eigenvalue weighted by atomic mass is 32.2. The molecule has 0 aliphatic heterocycles. The minimum Gasteiger partial charge on any atom is -0.338 e. The highest BCUT2D eigenvalue weighted by molar-refractivity contribution is 7.98. The molecule has 1 amide bonds. The maximum absolute atomic E-state index is 12.4. The Morgan fingerprint density at radius 2 is 2.20 bits per heavy atom. The van der Waals surface area contributed by atoms with E-state index >= 15 is 0 Å². The number of fused-ring (bicyclic) bond motifs is 1. The lowest BCUT2D eigenvalue weighted by Gasteiger charge is -2.24. The van der Waals surface area contributed by atoms with Gasteiger partial charge in [0.15, 0.2) is 0 Å². The third kappa shape index (κ3) is 2.60. The van der Waals surface area contributed by atoms with Gasteiger partial charge in [0.25, 0.3) is 5.91 Å². The van der Waals surface area contributed by atoms with Gasteiger partial charge in [0.2, 0.25) is 0 Å². The number of nitrogens with one attached hydrogen (secondary N) is 1. The van der Waals surface area contributed by atoms with Crippen molar-refractivity contribution < 1.29 is 4.79 Å². The molecule has 6 heteroatoms. The van der Waals surface area contributed by atoms with Gasteiger partial charge < -0.3 is 9.88 Å². The van der Waals surface area contributed by atoms with Gasteiger partial charge in [-0.2, -0.15) is 11.8 Å². The first-order valence-corrected chi connectivity index (χ1v) is 7.80. The molecule has 1 atom stereocenters. The van der Waals surface area contributed by atoms with Gasteiger partial charge in [-0.25, -0.2) is 4.79 Å². The highest BCUT2D eigenvalue weighted by Gasteiger charge is 2.18. The predicted octanol–water partition coefficient (Wildman–Crippen LogP) is 1.69. The zero-order chi connectivity index (χ0) is 14.9. The van der Waals surface area contributed by atoms with Crippen LogP contribution in [0.1, 0.15) is 17.3 Å². The van der Waals surface area contributed by atoms with Crippen LogP contribution in [-0.2, 0) is 7.05 Å². The lowest BCUT2D eigenvalue weighted by molar-refractivity contribution is 0.0757. The lowest BCUT2D eigenvalue weighted by Crippen LogP contribution is -2.36. The summed E-state index contributed by atoms with van der Waals surface area (Å²) in [4.78, 5) is 28.5. The van der Waals surface area contributed by atoms with Crippen LogP contribution in [0, 0.1) is 0 Å². The average Bonchev–Trinajstić information content (AvgIpc) is 2.72. The Morgan fingerprint density at radius 1 is 1.50 bits per heavy atom. The predicted molar refractivity (Wildman–Crippen MR) is 83.5 cm³/mol. The molecule has 1 aromatic heterocycles. The SMILES string of the molecule is CSC[C@@H](C)N(C)C(=O)c1ccc2[nH]c(=O)n(C)c2c1. The van der Waals surface area contributed by atoms with Crippen molar-refractivity contribution in [3.05, 3.63) is 34.2 Å². The molecule has 0 aliphatic rings. The number of rotatable bonds is 4. The van der Waals surface area contributed by atoms with Crippen LogP contribution in [0.15, 0.2) is 23.0 Å². The highest BCUT2D eigenvalue weighted by Crippen LogP contribution is 2.15. The summed E-state index contributed by atoms with van der Waals surface area (Å²) >= 11 is 1.71. The van der Waals surface area contributed by atoms with Crippen molar-refractivity contribution in [3.63, 3.8) is 0 Å². The second-order valence-electron chi connectivity index (χ2n) is 4.94. The van der Waals surface area contributed by atoms with E-state index in [2.05, 4.69) is 4.98 Å². The van der Waals surface area contributed by atoms with E-state index in [-0.39, 0.29) is 17.6 Å². The number of thioether (sulfide) groups is 1. The van der Waals surface area contributed by atoms with E-state index in [4.69, 9.17) is 0 Å². The van der Waals surface area contributed by atoms with Gasteiger partial charge in [-0.15, -0.1) is 0 Å². The molecule has 0 radical (unpaired) electrons. The first-order valence-electron chi connectivity index (χ1n) is 6.40.